The third-order valence-corrected chi connectivity index (χ3v) is 7.23. The Kier molecular flexibility index (Phi) is 5.28. The predicted molar refractivity (Wildman–Crippen MR) is 111 cm³/mol. The quantitative estimate of drug-likeness (QED) is 0.607. The normalized spacial score (nSPS) is 18.4. The van der Waals surface area contributed by atoms with E-state index in [0.29, 0.717) is 11.5 Å². The molecule has 0 N–H and O–H groups in total. The fourth-order valence-electron chi connectivity index (χ4n) is 3.59. The number of fused-ring (bicyclic) bond motifs is 1. The fourth-order valence-corrected chi connectivity index (χ4v) is 6.28. The van der Waals surface area contributed by atoms with E-state index < -0.39 is 0 Å². The Hall–Kier alpha value is -2.51. The molecule has 0 spiro atoms. The van der Waals surface area contributed by atoms with Gasteiger partial charge in [-0.3, -0.25) is 14.2 Å². The standard InChI is InChI=1S/C21H19NO4S2/c1-25-16-11-7-6-10-14(16)17-15(20(23)26-2)12-27-19-18(17)28-21(24)22(19)13-8-4-3-5-9-13/h3-11,15,17H,12H2,1-2H3. The fraction of sp³-hybridized carbons (Fsp3) is 0.238. The van der Waals surface area contributed by atoms with Crippen LogP contribution in [0, 0.1) is 5.92 Å². The van der Waals surface area contributed by atoms with Crippen LogP contribution in [0.1, 0.15) is 16.4 Å². The van der Waals surface area contributed by atoms with Gasteiger partial charge in [0.05, 0.1) is 30.9 Å². The topological polar surface area (TPSA) is 57.5 Å². The summed E-state index contributed by atoms with van der Waals surface area (Å²) in [6.07, 6.45) is 0. The molecule has 7 heteroatoms. The summed E-state index contributed by atoms with van der Waals surface area (Å²) >= 11 is 2.72. The lowest BCUT2D eigenvalue weighted by atomic mass is 9.85. The minimum atomic E-state index is -0.388. The molecule has 2 unspecified atom stereocenters. The van der Waals surface area contributed by atoms with Crippen LogP contribution in [-0.2, 0) is 9.53 Å². The number of hydrogen-bond acceptors (Lipinski definition) is 6. The summed E-state index contributed by atoms with van der Waals surface area (Å²) in [6, 6.07) is 17.2. The third kappa shape index (κ3) is 3.14. The molecule has 2 heterocycles. The second-order valence-electron chi connectivity index (χ2n) is 6.37. The Morgan fingerprint density at radius 3 is 2.50 bits per heavy atom. The highest BCUT2D eigenvalue weighted by Gasteiger charge is 2.41. The molecule has 0 saturated heterocycles. The summed E-state index contributed by atoms with van der Waals surface area (Å²) in [6.45, 7) is 0. The largest absolute Gasteiger partial charge is 0.496 e. The number of benzene rings is 2. The zero-order chi connectivity index (χ0) is 19.7. The van der Waals surface area contributed by atoms with Crippen LogP contribution in [-0.4, -0.2) is 30.5 Å². The van der Waals surface area contributed by atoms with Gasteiger partial charge >= 0.3 is 10.8 Å². The number of thioether (sulfide) groups is 1. The van der Waals surface area contributed by atoms with Gasteiger partial charge in [-0.25, -0.2) is 0 Å². The molecular weight excluding hydrogens is 394 g/mol. The highest BCUT2D eigenvalue weighted by Crippen LogP contribution is 2.49. The summed E-state index contributed by atoms with van der Waals surface area (Å²) in [7, 11) is 3.02. The lowest BCUT2D eigenvalue weighted by Crippen LogP contribution is -2.29. The first kappa shape index (κ1) is 18.8. The van der Waals surface area contributed by atoms with Crippen molar-refractivity contribution in [3.8, 4) is 11.4 Å². The van der Waals surface area contributed by atoms with Crippen LogP contribution in [0.15, 0.2) is 64.4 Å². The van der Waals surface area contributed by atoms with E-state index in [0.717, 1.165) is 21.2 Å². The van der Waals surface area contributed by atoms with Crippen molar-refractivity contribution in [3.05, 3.63) is 74.7 Å². The molecule has 0 radical (unpaired) electrons. The summed E-state index contributed by atoms with van der Waals surface area (Å²) < 4.78 is 12.4. The lowest BCUT2D eigenvalue weighted by molar-refractivity contribution is -0.145. The van der Waals surface area contributed by atoms with E-state index in [-0.39, 0.29) is 22.7 Å². The van der Waals surface area contributed by atoms with Gasteiger partial charge in [-0.1, -0.05) is 47.7 Å². The number of rotatable bonds is 4. The van der Waals surface area contributed by atoms with Gasteiger partial charge in [-0.2, -0.15) is 0 Å². The number of thiazole rings is 1. The van der Waals surface area contributed by atoms with Gasteiger partial charge in [-0.15, -0.1) is 11.8 Å². The molecule has 1 aromatic heterocycles. The van der Waals surface area contributed by atoms with Crippen LogP contribution in [0.4, 0.5) is 0 Å². The van der Waals surface area contributed by atoms with Crippen LogP contribution in [0.3, 0.4) is 0 Å². The second kappa shape index (κ2) is 7.85. The molecule has 1 aliphatic heterocycles. The van der Waals surface area contributed by atoms with Crippen LogP contribution in [0.25, 0.3) is 5.69 Å². The molecule has 2 aromatic carbocycles. The molecule has 144 valence electrons. The van der Waals surface area contributed by atoms with Crippen molar-refractivity contribution in [2.75, 3.05) is 20.0 Å². The van der Waals surface area contributed by atoms with E-state index in [1.165, 1.54) is 30.2 Å². The number of carbonyl (C=O) groups is 1. The Labute approximate surface area is 170 Å². The maximum atomic E-state index is 12.9. The monoisotopic (exact) mass is 413 g/mol. The first-order valence-corrected chi connectivity index (χ1v) is 10.6. The van der Waals surface area contributed by atoms with Crippen molar-refractivity contribution in [1.82, 2.24) is 4.57 Å². The van der Waals surface area contributed by atoms with Crippen molar-refractivity contribution in [1.29, 1.82) is 0 Å². The summed E-state index contributed by atoms with van der Waals surface area (Å²) in [5, 5.41) is 0.886. The number of para-hydroxylation sites is 2. The maximum absolute atomic E-state index is 12.9. The smallest absolute Gasteiger partial charge is 0.312 e. The van der Waals surface area contributed by atoms with E-state index in [9.17, 15) is 9.59 Å². The van der Waals surface area contributed by atoms with E-state index in [1.807, 2.05) is 54.6 Å². The molecule has 28 heavy (non-hydrogen) atoms. The molecule has 0 amide bonds. The molecule has 0 saturated carbocycles. The first-order valence-electron chi connectivity index (χ1n) is 8.80. The Balaban J connectivity index is 1.93. The SMILES string of the molecule is COC(=O)C1CSc2c(sc(=O)n2-c2ccccc2)C1c1ccccc1OC. The molecular formula is C21H19NO4S2. The molecule has 3 aromatic rings. The van der Waals surface area contributed by atoms with Gasteiger partial charge < -0.3 is 9.47 Å². The van der Waals surface area contributed by atoms with Crippen LogP contribution >= 0.6 is 23.1 Å². The summed E-state index contributed by atoms with van der Waals surface area (Å²) in [5.41, 5.74) is 1.72. The van der Waals surface area contributed by atoms with E-state index >= 15 is 0 Å². The van der Waals surface area contributed by atoms with E-state index in [4.69, 9.17) is 9.47 Å². The van der Waals surface area contributed by atoms with Crippen molar-refractivity contribution < 1.29 is 14.3 Å². The van der Waals surface area contributed by atoms with Crippen LogP contribution < -0.4 is 9.61 Å². The van der Waals surface area contributed by atoms with E-state index in [1.54, 1.807) is 11.7 Å². The van der Waals surface area contributed by atoms with Crippen molar-refractivity contribution >= 4 is 29.1 Å². The molecule has 0 bridgehead atoms. The van der Waals surface area contributed by atoms with Gasteiger partial charge in [-0.05, 0) is 18.2 Å². The maximum Gasteiger partial charge on any atom is 0.312 e. The van der Waals surface area contributed by atoms with Gasteiger partial charge in [0.15, 0.2) is 0 Å². The van der Waals surface area contributed by atoms with Crippen molar-refractivity contribution in [2.24, 2.45) is 5.92 Å². The summed E-state index contributed by atoms with van der Waals surface area (Å²) in [4.78, 5) is 26.3. The molecule has 2 atom stereocenters. The molecule has 0 fully saturated rings. The second-order valence-corrected chi connectivity index (χ2v) is 8.37. The van der Waals surface area contributed by atoms with Gasteiger partial charge in [0, 0.05) is 22.1 Å². The Morgan fingerprint density at radius 2 is 1.79 bits per heavy atom. The molecule has 1 aliphatic rings. The highest BCUT2D eigenvalue weighted by molar-refractivity contribution is 7.99. The number of methoxy groups -OCH3 is 2. The average molecular weight is 414 g/mol. The third-order valence-electron chi connectivity index (χ3n) is 4.87. The summed E-state index contributed by atoms with van der Waals surface area (Å²) in [5.74, 6) is 0.280. The first-order chi connectivity index (χ1) is 13.7. The van der Waals surface area contributed by atoms with Crippen LogP contribution in [0.2, 0.25) is 0 Å². The lowest BCUT2D eigenvalue weighted by Gasteiger charge is -2.30. The van der Waals surface area contributed by atoms with Crippen molar-refractivity contribution in [3.63, 3.8) is 0 Å². The zero-order valence-electron chi connectivity index (χ0n) is 15.5. The molecule has 4 rings (SSSR count). The zero-order valence-corrected chi connectivity index (χ0v) is 17.1. The minimum absolute atomic E-state index is 0.0610. The minimum Gasteiger partial charge on any atom is -0.496 e. The Morgan fingerprint density at radius 1 is 1.07 bits per heavy atom. The van der Waals surface area contributed by atoms with Gasteiger partial charge in [0.2, 0.25) is 0 Å². The number of hydrogen-bond donors (Lipinski definition) is 0. The number of aromatic nitrogens is 1. The number of nitrogens with zero attached hydrogens (tertiary/aromatic N) is 1. The van der Waals surface area contributed by atoms with Crippen LogP contribution in [0.5, 0.6) is 5.75 Å². The van der Waals surface area contributed by atoms with Crippen molar-refractivity contribution in [2.45, 2.75) is 10.9 Å². The number of esters is 1. The van der Waals surface area contributed by atoms with Gasteiger partial charge in [0.25, 0.3) is 0 Å². The average Bonchev–Trinajstić information content (AvgIpc) is 3.08. The molecule has 5 nitrogen and oxygen atoms in total. The molecule has 0 aliphatic carbocycles. The predicted octanol–water partition coefficient (Wildman–Crippen LogP) is 3.93. The Bertz CT molecular complexity index is 1060. The van der Waals surface area contributed by atoms with Gasteiger partial charge in [0.1, 0.15) is 5.75 Å². The number of ether oxygens (including phenoxy) is 2. The van der Waals surface area contributed by atoms with E-state index in [2.05, 4.69) is 0 Å². The number of carbonyl (C=O) groups excluding carboxylic acids is 1. The highest BCUT2D eigenvalue weighted by atomic mass is 32.2.